The van der Waals surface area contributed by atoms with Crippen molar-refractivity contribution in [2.75, 3.05) is 19.0 Å². The van der Waals surface area contributed by atoms with Crippen LogP contribution < -0.4 is 10.1 Å². The van der Waals surface area contributed by atoms with Crippen molar-refractivity contribution in [1.82, 2.24) is 0 Å². The lowest BCUT2D eigenvalue weighted by Gasteiger charge is -2.10. The van der Waals surface area contributed by atoms with E-state index in [0.29, 0.717) is 23.4 Å². The van der Waals surface area contributed by atoms with Gasteiger partial charge in [0.2, 0.25) is 0 Å². The van der Waals surface area contributed by atoms with Crippen LogP contribution in [0.2, 0.25) is 0 Å². The molecule has 0 bridgehead atoms. The Hall–Kier alpha value is -3.10. The highest BCUT2D eigenvalue weighted by molar-refractivity contribution is 5.99. The number of halogens is 3. The fourth-order valence-corrected chi connectivity index (χ4v) is 2.06. The predicted molar refractivity (Wildman–Crippen MR) is 83.9 cm³/mol. The van der Waals surface area contributed by atoms with Crippen LogP contribution in [-0.4, -0.2) is 24.4 Å². The zero-order valence-electron chi connectivity index (χ0n) is 13.0. The molecule has 0 saturated heterocycles. The number of alkyl halides is 3. The van der Waals surface area contributed by atoms with Crippen molar-refractivity contribution in [1.29, 1.82) is 0 Å². The Labute approximate surface area is 140 Å². The number of hydrogen-bond acceptors (Lipinski definition) is 5. The Kier molecular flexibility index (Phi) is 5.26. The molecule has 0 fully saturated rings. The van der Waals surface area contributed by atoms with Crippen molar-refractivity contribution in [3.8, 4) is 5.75 Å². The Bertz CT molecular complexity index is 789. The molecular formula is C16H13F3N2O4. The highest BCUT2D eigenvalue weighted by atomic mass is 19.4. The Balaban J connectivity index is 2.16. The summed E-state index contributed by atoms with van der Waals surface area (Å²) in [5.74, 6) is 0.180. The first kappa shape index (κ1) is 18.2. The molecule has 0 radical (unpaired) electrons. The summed E-state index contributed by atoms with van der Waals surface area (Å²) in [7, 11) is 1.47. The topological polar surface area (TPSA) is 81.5 Å². The van der Waals surface area contributed by atoms with Crippen LogP contribution in [-0.2, 0) is 6.18 Å². The zero-order chi connectivity index (χ0) is 18.6. The second kappa shape index (κ2) is 7.20. The first-order valence-electron chi connectivity index (χ1n) is 6.99. The molecule has 1 N–H and O–H groups in total. The number of methoxy groups -OCH3 is 1. The summed E-state index contributed by atoms with van der Waals surface area (Å²) in [6, 6.07) is 8.27. The maximum absolute atomic E-state index is 12.7. The van der Waals surface area contributed by atoms with Gasteiger partial charge in [0.15, 0.2) is 5.78 Å². The summed E-state index contributed by atoms with van der Waals surface area (Å²) in [4.78, 5) is 22.1. The SMILES string of the molecule is COc1ccc(C(=O)CNc2ccc(C(F)(F)F)cc2[N+](=O)[O-])cc1. The number of ether oxygens (including phenoxy) is 1. The van der Waals surface area contributed by atoms with Crippen LogP contribution in [0.5, 0.6) is 5.75 Å². The molecule has 2 aromatic rings. The van der Waals surface area contributed by atoms with E-state index in [1.54, 1.807) is 12.1 Å². The number of nitro groups is 1. The summed E-state index contributed by atoms with van der Waals surface area (Å²) in [6.45, 7) is -0.307. The van der Waals surface area contributed by atoms with E-state index in [1.165, 1.54) is 19.2 Å². The minimum Gasteiger partial charge on any atom is -0.497 e. The van der Waals surface area contributed by atoms with Gasteiger partial charge in [-0.15, -0.1) is 0 Å². The molecule has 132 valence electrons. The Morgan fingerprint density at radius 2 is 1.84 bits per heavy atom. The van der Waals surface area contributed by atoms with E-state index < -0.39 is 22.4 Å². The van der Waals surface area contributed by atoms with E-state index in [4.69, 9.17) is 4.74 Å². The molecule has 0 aliphatic rings. The van der Waals surface area contributed by atoms with Gasteiger partial charge in [-0.25, -0.2) is 0 Å². The number of Topliss-reactive ketones (excluding diaryl/α,β-unsaturated/α-hetero) is 1. The van der Waals surface area contributed by atoms with Gasteiger partial charge in [-0.05, 0) is 36.4 Å². The molecule has 2 aromatic carbocycles. The van der Waals surface area contributed by atoms with Crippen LogP contribution in [0.1, 0.15) is 15.9 Å². The summed E-state index contributed by atoms with van der Waals surface area (Å²) >= 11 is 0. The molecule has 0 saturated carbocycles. The summed E-state index contributed by atoms with van der Waals surface area (Å²) < 4.78 is 42.9. The highest BCUT2D eigenvalue weighted by Crippen LogP contribution is 2.34. The third kappa shape index (κ3) is 4.46. The summed E-state index contributed by atoms with van der Waals surface area (Å²) in [5.41, 5.74) is -1.72. The number of carbonyl (C=O) groups excluding carboxylic acids is 1. The van der Waals surface area contributed by atoms with Crippen LogP contribution in [0, 0.1) is 10.1 Å². The number of nitrogens with one attached hydrogen (secondary N) is 1. The number of nitrogens with zero attached hydrogens (tertiary/aromatic N) is 1. The van der Waals surface area contributed by atoms with Crippen molar-refractivity contribution in [2.24, 2.45) is 0 Å². The molecule has 0 amide bonds. The quantitative estimate of drug-likeness (QED) is 0.483. The Morgan fingerprint density at radius 3 is 2.36 bits per heavy atom. The molecule has 6 nitrogen and oxygen atoms in total. The number of nitro benzene ring substituents is 1. The van der Waals surface area contributed by atoms with E-state index in [2.05, 4.69) is 5.32 Å². The van der Waals surface area contributed by atoms with Crippen LogP contribution in [0.4, 0.5) is 24.5 Å². The van der Waals surface area contributed by atoms with Crippen molar-refractivity contribution in [2.45, 2.75) is 6.18 Å². The zero-order valence-corrected chi connectivity index (χ0v) is 13.0. The average Bonchev–Trinajstić information content (AvgIpc) is 2.58. The second-order valence-electron chi connectivity index (χ2n) is 4.99. The largest absolute Gasteiger partial charge is 0.497 e. The Morgan fingerprint density at radius 1 is 1.20 bits per heavy atom. The molecular weight excluding hydrogens is 341 g/mol. The molecule has 25 heavy (non-hydrogen) atoms. The van der Waals surface area contributed by atoms with Gasteiger partial charge < -0.3 is 10.1 Å². The van der Waals surface area contributed by atoms with E-state index in [-0.39, 0.29) is 18.0 Å². The third-order valence-electron chi connectivity index (χ3n) is 3.37. The molecule has 2 rings (SSSR count). The second-order valence-corrected chi connectivity index (χ2v) is 4.99. The third-order valence-corrected chi connectivity index (χ3v) is 3.37. The predicted octanol–water partition coefficient (Wildman–Crippen LogP) is 3.92. The monoisotopic (exact) mass is 354 g/mol. The van der Waals surface area contributed by atoms with E-state index in [9.17, 15) is 28.1 Å². The smallest absolute Gasteiger partial charge is 0.416 e. The highest BCUT2D eigenvalue weighted by Gasteiger charge is 2.33. The van der Waals surface area contributed by atoms with Gasteiger partial charge in [0.25, 0.3) is 5.69 Å². The number of benzene rings is 2. The minimum absolute atomic E-state index is 0.167. The fraction of sp³-hybridized carbons (Fsp3) is 0.188. The van der Waals surface area contributed by atoms with E-state index >= 15 is 0 Å². The van der Waals surface area contributed by atoms with Crippen molar-refractivity contribution in [3.63, 3.8) is 0 Å². The van der Waals surface area contributed by atoms with Crippen LogP contribution >= 0.6 is 0 Å². The lowest BCUT2D eigenvalue weighted by molar-refractivity contribution is -0.384. The average molecular weight is 354 g/mol. The molecule has 9 heteroatoms. The van der Waals surface area contributed by atoms with Gasteiger partial charge in [0.1, 0.15) is 11.4 Å². The van der Waals surface area contributed by atoms with Crippen molar-refractivity contribution in [3.05, 3.63) is 63.7 Å². The van der Waals surface area contributed by atoms with Crippen LogP contribution in [0.15, 0.2) is 42.5 Å². The number of ketones is 1. The molecule has 0 heterocycles. The normalized spacial score (nSPS) is 11.0. The lowest BCUT2D eigenvalue weighted by atomic mass is 10.1. The number of carbonyl (C=O) groups is 1. The fourth-order valence-electron chi connectivity index (χ4n) is 2.06. The van der Waals surface area contributed by atoms with Gasteiger partial charge >= 0.3 is 6.18 Å². The number of anilines is 1. The molecule has 0 aliphatic carbocycles. The van der Waals surface area contributed by atoms with Gasteiger partial charge in [0, 0.05) is 11.6 Å². The number of rotatable bonds is 6. The standard InChI is InChI=1S/C16H13F3N2O4/c1-25-12-5-2-10(3-6-12)15(22)9-20-13-7-4-11(16(17,18)19)8-14(13)21(23)24/h2-8,20H,9H2,1H3. The van der Waals surface area contributed by atoms with Crippen LogP contribution in [0.3, 0.4) is 0 Å². The molecule has 0 atom stereocenters. The van der Waals surface area contributed by atoms with Gasteiger partial charge in [-0.2, -0.15) is 13.2 Å². The summed E-state index contributed by atoms with van der Waals surface area (Å²) in [6.07, 6.45) is -4.69. The molecule has 0 spiro atoms. The maximum Gasteiger partial charge on any atom is 0.416 e. The first-order chi connectivity index (χ1) is 11.7. The molecule has 0 unspecified atom stereocenters. The minimum atomic E-state index is -4.69. The molecule has 0 aromatic heterocycles. The van der Waals surface area contributed by atoms with Crippen LogP contribution in [0.25, 0.3) is 0 Å². The van der Waals surface area contributed by atoms with Crippen molar-refractivity contribution >= 4 is 17.2 Å². The summed E-state index contributed by atoms with van der Waals surface area (Å²) in [5, 5.41) is 13.5. The maximum atomic E-state index is 12.7. The molecule has 0 aliphatic heterocycles. The van der Waals surface area contributed by atoms with Gasteiger partial charge in [0.05, 0.1) is 24.1 Å². The lowest BCUT2D eigenvalue weighted by Crippen LogP contribution is -2.15. The van der Waals surface area contributed by atoms with E-state index in [1.807, 2.05) is 0 Å². The number of hydrogen-bond donors (Lipinski definition) is 1. The van der Waals surface area contributed by atoms with Crippen molar-refractivity contribution < 1.29 is 27.6 Å². The van der Waals surface area contributed by atoms with Gasteiger partial charge in [-0.1, -0.05) is 0 Å². The van der Waals surface area contributed by atoms with Gasteiger partial charge in [-0.3, -0.25) is 14.9 Å². The first-order valence-corrected chi connectivity index (χ1v) is 6.99. The van der Waals surface area contributed by atoms with E-state index in [0.717, 1.165) is 6.07 Å².